The zero-order valence-corrected chi connectivity index (χ0v) is 13.2. The number of benzene rings is 1. The van der Waals surface area contributed by atoms with Crippen LogP contribution in [0.2, 0.25) is 0 Å². The summed E-state index contributed by atoms with van der Waals surface area (Å²) in [7, 11) is 0. The standard InChI is InChI=1S/C20H24O2/c1-3-19(2)10-9-18-17-6-4-13-12-14(21)5-7-15(13)16(17)8-11-20(18,19)22/h1,5,7,12,16-18,21-22H,4,6,8-11H2,2H3/t16?,17?,18?,19?,20-/m0/s1. The van der Waals surface area contributed by atoms with E-state index in [9.17, 15) is 10.2 Å². The quantitative estimate of drug-likeness (QED) is 0.718. The second kappa shape index (κ2) is 4.52. The molecule has 4 unspecified atom stereocenters. The summed E-state index contributed by atoms with van der Waals surface area (Å²) in [6, 6.07) is 5.83. The van der Waals surface area contributed by atoms with Gasteiger partial charge in [-0.05, 0) is 86.5 Å². The van der Waals surface area contributed by atoms with Crippen LogP contribution in [0.5, 0.6) is 5.75 Å². The summed E-state index contributed by atoms with van der Waals surface area (Å²) in [5.74, 6) is 4.67. The molecule has 2 heteroatoms. The van der Waals surface area contributed by atoms with Gasteiger partial charge in [0.1, 0.15) is 5.75 Å². The zero-order valence-electron chi connectivity index (χ0n) is 13.2. The third-order valence-corrected chi connectivity index (χ3v) is 6.99. The number of phenols is 1. The van der Waals surface area contributed by atoms with Crippen LogP contribution in [0.15, 0.2) is 18.2 Å². The maximum absolute atomic E-state index is 11.4. The fourth-order valence-electron chi connectivity index (χ4n) is 5.69. The minimum atomic E-state index is -0.683. The van der Waals surface area contributed by atoms with Gasteiger partial charge in [0.2, 0.25) is 0 Å². The number of terminal acetylenes is 1. The Morgan fingerprint density at radius 3 is 2.82 bits per heavy atom. The van der Waals surface area contributed by atoms with Gasteiger partial charge in [0.25, 0.3) is 0 Å². The lowest BCUT2D eigenvalue weighted by molar-refractivity contribution is -0.110. The number of rotatable bonds is 0. The second-order valence-corrected chi connectivity index (χ2v) is 7.78. The Bertz CT molecular complexity index is 658. The van der Waals surface area contributed by atoms with Crippen molar-refractivity contribution in [2.24, 2.45) is 17.3 Å². The summed E-state index contributed by atoms with van der Waals surface area (Å²) in [6.07, 6.45) is 11.7. The first-order valence-electron chi connectivity index (χ1n) is 8.50. The number of hydrogen-bond acceptors (Lipinski definition) is 2. The van der Waals surface area contributed by atoms with Crippen molar-refractivity contribution in [3.05, 3.63) is 29.3 Å². The third kappa shape index (κ3) is 1.66. The van der Waals surface area contributed by atoms with E-state index in [1.165, 1.54) is 11.1 Å². The van der Waals surface area contributed by atoms with Crippen LogP contribution in [0.3, 0.4) is 0 Å². The van der Waals surface area contributed by atoms with Gasteiger partial charge < -0.3 is 10.2 Å². The van der Waals surface area contributed by atoms with E-state index in [1.807, 2.05) is 12.1 Å². The van der Waals surface area contributed by atoms with E-state index < -0.39 is 5.60 Å². The van der Waals surface area contributed by atoms with E-state index in [4.69, 9.17) is 6.42 Å². The second-order valence-electron chi connectivity index (χ2n) is 7.78. The fraction of sp³-hybridized carbons (Fsp3) is 0.600. The molecule has 0 spiro atoms. The Morgan fingerprint density at radius 2 is 2.05 bits per heavy atom. The molecule has 1 aromatic rings. The summed E-state index contributed by atoms with van der Waals surface area (Å²) in [5, 5.41) is 21.1. The molecule has 0 saturated heterocycles. The van der Waals surface area contributed by atoms with Crippen LogP contribution < -0.4 is 0 Å². The smallest absolute Gasteiger partial charge is 0.115 e. The van der Waals surface area contributed by atoms with E-state index in [-0.39, 0.29) is 5.41 Å². The van der Waals surface area contributed by atoms with Gasteiger partial charge in [-0.1, -0.05) is 12.0 Å². The van der Waals surface area contributed by atoms with Gasteiger partial charge in [0, 0.05) is 0 Å². The molecule has 2 saturated carbocycles. The van der Waals surface area contributed by atoms with Crippen molar-refractivity contribution in [1.29, 1.82) is 0 Å². The molecule has 0 heterocycles. The molecule has 116 valence electrons. The molecular weight excluding hydrogens is 272 g/mol. The van der Waals surface area contributed by atoms with Crippen LogP contribution in [-0.2, 0) is 6.42 Å². The Labute approximate surface area is 132 Å². The molecule has 5 atom stereocenters. The Morgan fingerprint density at radius 1 is 1.23 bits per heavy atom. The van der Waals surface area contributed by atoms with Crippen molar-refractivity contribution in [3.63, 3.8) is 0 Å². The van der Waals surface area contributed by atoms with Gasteiger partial charge in [0.15, 0.2) is 0 Å². The molecule has 0 amide bonds. The molecule has 0 aromatic heterocycles. The number of fused-ring (bicyclic) bond motifs is 5. The topological polar surface area (TPSA) is 40.5 Å². The summed E-state index contributed by atoms with van der Waals surface area (Å²) < 4.78 is 0. The van der Waals surface area contributed by atoms with Crippen molar-refractivity contribution >= 4 is 0 Å². The number of hydrogen-bond donors (Lipinski definition) is 2. The lowest BCUT2D eigenvalue weighted by Gasteiger charge is -2.51. The first kappa shape index (κ1) is 14.2. The van der Waals surface area contributed by atoms with E-state index in [0.717, 1.165) is 38.5 Å². The highest BCUT2D eigenvalue weighted by atomic mass is 16.3. The number of aryl methyl sites for hydroxylation is 1. The average Bonchev–Trinajstić information content (AvgIpc) is 2.79. The van der Waals surface area contributed by atoms with Crippen molar-refractivity contribution in [3.8, 4) is 18.1 Å². The SMILES string of the molecule is C#CC1(C)CCC2C3CCc4cc(O)ccc4C3CC[C@]21O. The largest absolute Gasteiger partial charge is 0.508 e. The summed E-state index contributed by atoms with van der Waals surface area (Å²) >= 11 is 0. The average molecular weight is 296 g/mol. The van der Waals surface area contributed by atoms with Crippen molar-refractivity contribution in [1.82, 2.24) is 0 Å². The molecular formula is C20H24O2. The molecule has 2 fully saturated rings. The summed E-state index contributed by atoms with van der Waals surface area (Å²) in [6.45, 7) is 2.07. The Balaban J connectivity index is 1.72. The van der Waals surface area contributed by atoms with Crippen LogP contribution >= 0.6 is 0 Å². The van der Waals surface area contributed by atoms with Crippen LogP contribution in [0.4, 0.5) is 0 Å². The van der Waals surface area contributed by atoms with E-state index >= 15 is 0 Å². The first-order chi connectivity index (χ1) is 10.5. The van der Waals surface area contributed by atoms with E-state index in [0.29, 0.717) is 23.5 Å². The maximum atomic E-state index is 11.4. The first-order valence-corrected chi connectivity index (χ1v) is 8.50. The van der Waals surface area contributed by atoms with Gasteiger partial charge in [-0.2, -0.15) is 0 Å². The molecule has 22 heavy (non-hydrogen) atoms. The van der Waals surface area contributed by atoms with Gasteiger partial charge in [-0.3, -0.25) is 0 Å². The van der Waals surface area contributed by atoms with Gasteiger partial charge in [0.05, 0.1) is 11.0 Å². The predicted molar refractivity (Wildman–Crippen MR) is 86.5 cm³/mol. The highest BCUT2D eigenvalue weighted by molar-refractivity contribution is 5.40. The highest BCUT2D eigenvalue weighted by Gasteiger charge is 2.61. The van der Waals surface area contributed by atoms with Gasteiger partial charge >= 0.3 is 0 Å². The summed E-state index contributed by atoms with van der Waals surface area (Å²) in [4.78, 5) is 0. The molecule has 0 radical (unpaired) electrons. The zero-order chi connectivity index (χ0) is 15.5. The molecule has 0 aliphatic heterocycles. The minimum absolute atomic E-state index is 0.328. The normalized spacial score (nSPS) is 42.9. The number of aliphatic hydroxyl groups is 1. The Kier molecular flexibility index (Phi) is 2.91. The molecule has 3 aliphatic rings. The fourth-order valence-corrected chi connectivity index (χ4v) is 5.69. The lowest BCUT2D eigenvalue weighted by atomic mass is 9.56. The minimum Gasteiger partial charge on any atom is -0.508 e. The predicted octanol–water partition coefficient (Wildman–Crippen LogP) is 3.61. The van der Waals surface area contributed by atoms with Crippen LogP contribution in [0.25, 0.3) is 0 Å². The molecule has 3 aliphatic carbocycles. The van der Waals surface area contributed by atoms with Gasteiger partial charge in [-0.25, -0.2) is 0 Å². The van der Waals surface area contributed by atoms with Crippen molar-refractivity contribution in [2.45, 2.75) is 57.0 Å². The van der Waals surface area contributed by atoms with Crippen LogP contribution in [-0.4, -0.2) is 15.8 Å². The molecule has 1 aromatic carbocycles. The van der Waals surface area contributed by atoms with E-state index in [1.54, 1.807) is 0 Å². The maximum Gasteiger partial charge on any atom is 0.115 e. The van der Waals surface area contributed by atoms with Crippen molar-refractivity contribution < 1.29 is 10.2 Å². The monoisotopic (exact) mass is 296 g/mol. The lowest BCUT2D eigenvalue weighted by Crippen LogP contribution is -2.52. The Hall–Kier alpha value is -1.46. The molecule has 0 bridgehead atoms. The third-order valence-electron chi connectivity index (χ3n) is 6.99. The van der Waals surface area contributed by atoms with Gasteiger partial charge in [-0.15, -0.1) is 6.42 Å². The molecule has 2 nitrogen and oxygen atoms in total. The van der Waals surface area contributed by atoms with Crippen LogP contribution in [0, 0.1) is 29.6 Å². The summed E-state index contributed by atoms with van der Waals surface area (Å²) in [5.41, 5.74) is 1.64. The van der Waals surface area contributed by atoms with E-state index in [2.05, 4.69) is 18.9 Å². The molecule has 4 rings (SSSR count). The highest BCUT2D eigenvalue weighted by Crippen LogP contribution is 2.62. The van der Waals surface area contributed by atoms with Crippen molar-refractivity contribution in [2.75, 3.05) is 0 Å². The number of aromatic hydroxyl groups is 1. The number of phenolic OH excluding ortho intramolecular Hbond substituents is 1. The van der Waals surface area contributed by atoms with Crippen LogP contribution in [0.1, 0.15) is 56.1 Å². The molecule has 2 N–H and O–H groups in total.